The molecule has 0 amide bonds. The third kappa shape index (κ3) is 6.82. The summed E-state index contributed by atoms with van der Waals surface area (Å²) in [5, 5.41) is 21.9. The van der Waals surface area contributed by atoms with Crippen molar-refractivity contribution in [2.45, 2.75) is 31.9 Å². The Morgan fingerprint density at radius 1 is 1.08 bits per heavy atom. The van der Waals surface area contributed by atoms with Gasteiger partial charge < -0.3 is 15.2 Å². The predicted molar refractivity (Wildman–Crippen MR) is 94.6 cm³/mol. The van der Waals surface area contributed by atoms with Gasteiger partial charge in [-0.3, -0.25) is 0 Å². The predicted octanol–water partition coefficient (Wildman–Crippen LogP) is 3.06. The molecule has 24 heavy (non-hydrogen) atoms. The lowest BCUT2D eigenvalue weighted by atomic mass is 10.1. The van der Waals surface area contributed by atoms with Crippen LogP contribution in [0.15, 0.2) is 54.6 Å². The van der Waals surface area contributed by atoms with E-state index in [1.165, 1.54) is 0 Å². The Morgan fingerprint density at radius 2 is 1.88 bits per heavy atom. The topological polar surface area (TPSA) is 65.3 Å². The summed E-state index contributed by atoms with van der Waals surface area (Å²) in [5.74, 6) is 0.817. The first-order chi connectivity index (χ1) is 11.8. The van der Waals surface area contributed by atoms with E-state index in [9.17, 15) is 5.11 Å². The van der Waals surface area contributed by atoms with Crippen LogP contribution in [0.5, 0.6) is 5.75 Å². The summed E-state index contributed by atoms with van der Waals surface area (Å²) in [4.78, 5) is 0. The molecule has 2 aromatic carbocycles. The van der Waals surface area contributed by atoms with Crippen LogP contribution in [0.25, 0.3) is 0 Å². The van der Waals surface area contributed by atoms with E-state index in [4.69, 9.17) is 10.00 Å². The lowest BCUT2D eigenvalue weighted by Crippen LogP contribution is -2.28. The molecule has 1 atom stereocenters. The van der Waals surface area contributed by atoms with Crippen molar-refractivity contribution in [3.63, 3.8) is 0 Å². The van der Waals surface area contributed by atoms with Crippen LogP contribution in [0, 0.1) is 11.3 Å². The minimum atomic E-state index is -0.405. The Kier molecular flexibility index (Phi) is 7.82. The maximum atomic E-state index is 10.1. The first-order valence-corrected chi connectivity index (χ1v) is 8.29. The molecule has 2 rings (SSSR count). The van der Waals surface area contributed by atoms with E-state index in [0.717, 1.165) is 23.3 Å². The molecular weight excluding hydrogens is 300 g/mol. The summed E-state index contributed by atoms with van der Waals surface area (Å²) >= 11 is 0. The molecule has 0 heterocycles. The van der Waals surface area contributed by atoms with Crippen LogP contribution in [0.1, 0.15) is 24.0 Å². The third-order valence-corrected chi connectivity index (χ3v) is 3.62. The molecule has 0 bridgehead atoms. The van der Waals surface area contributed by atoms with E-state index >= 15 is 0 Å². The summed E-state index contributed by atoms with van der Waals surface area (Å²) in [7, 11) is 0. The van der Waals surface area contributed by atoms with Gasteiger partial charge in [0.2, 0.25) is 0 Å². The molecule has 0 saturated heterocycles. The van der Waals surface area contributed by atoms with Crippen LogP contribution in [0.3, 0.4) is 0 Å². The van der Waals surface area contributed by atoms with Crippen LogP contribution in [0.4, 0.5) is 0 Å². The monoisotopic (exact) mass is 324 g/mol. The van der Waals surface area contributed by atoms with E-state index < -0.39 is 6.10 Å². The smallest absolute Gasteiger partial charge is 0.119 e. The summed E-state index contributed by atoms with van der Waals surface area (Å²) in [6, 6.07) is 20.0. The van der Waals surface area contributed by atoms with Crippen LogP contribution in [-0.2, 0) is 13.0 Å². The van der Waals surface area contributed by atoms with Gasteiger partial charge in [-0.1, -0.05) is 42.5 Å². The van der Waals surface area contributed by atoms with Crippen molar-refractivity contribution in [2.75, 3.05) is 13.2 Å². The highest BCUT2D eigenvalue weighted by atomic mass is 16.5. The fourth-order valence-electron chi connectivity index (χ4n) is 2.43. The van der Waals surface area contributed by atoms with Gasteiger partial charge in [-0.15, -0.1) is 0 Å². The second kappa shape index (κ2) is 10.4. The summed E-state index contributed by atoms with van der Waals surface area (Å²) in [5.41, 5.74) is 2.25. The van der Waals surface area contributed by atoms with E-state index in [0.29, 0.717) is 32.5 Å². The van der Waals surface area contributed by atoms with Crippen LogP contribution >= 0.6 is 0 Å². The fraction of sp³-hybridized carbons (Fsp3) is 0.350. The number of unbranched alkanes of at least 4 members (excludes halogenated alkanes) is 1. The highest BCUT2D eigenvalue weighted by molar-refractivity contribution is 5.28. The molecule has 0 radical (unpaired) electrons. The quantitative estimate of drug-likeness (QED) is 0.659. The van der Waals surface area contributed by atoms with Gasteiger partial charge in [0.15, 0.2) is 0 Å². The van der Waals surface area contributed by atoms with E-state index in [2.05, 4.69) is 11.4 Å². The van der Waals surface area contributed by atoms with Crippen molar-refractivity contribution in [3.8, 4) is 11.8 Å². The molecule has 2 N–H and O–H groups in total. The molecule has 0 fully saturated rings. The molecule has 2 aromatic rings. The Bertz CT molecular complexity index is 638. The molecule has 0 aromatic heterocycles. The van der Waals surface area contributed by atoms with Crippen molar-refractivity contribution in [2.24, 2.45) is 0 Å². The number of aliphatic hydroxyl groups excluding tert-OH is 1. The van der Waals surface area contributed by atoms with Crippen molar-refractivity contribution in [1.82, 2.24) is 5.32 Å². The lowest BCUT2D eigenvalue weighted by Gasteiger charge is -2.12. The summed E-state index contributed by atoms with van der Waals surface area (Å²) in [6.45, 7) is 1.78. The maximum absolute atomic E-state index is 10.1. The minimum absolute atomic E-state index is 0.405. The zero-order valence-electron chi connectivity index (χ0n) is 13.8. The number of hydrogen-bond acceptors (Lipinski definition) is 4. The van der Waals surface area contributed by atoms with Crippen molar-refractivity contribution in [3.05, 3.63) is 65.7 Å². The van der Waals surface area contributed by atoms with Gasteiger partial charge in [0.05, 0.1) is 18.8 Å². The first kappa shape index (κ1) is 18.0. The Morgan fingerprint density at radius 3 is 2.67 bits per heavy atom. The van der Waals surface area contributed by atoms with Gasteiger partial charge in [-0.25, -0.2) is 0 Å². The Hall–Kier alpha value is -2.35. The number of nitrogens with one attached hydrogen (secondary N) is 1. The van der Waals surface area contributed by atoms with Crippen LogP contribution in [0.2, 0.25) is 0 Å². The standard InChI is InChI=1S/C20H24N2O2/c21-11-4-5-12-24-20-10-6-9-18(14-20)15-22-16-19(23)13-17-7-2-1-3-8-17/h1-3,6-10,14,19,22-23H,4-5,12-13,15-16H2. The van der Waals surface area contributed by atoms with E-state index in [1.54, 1.807) is 0 Å². The van der Waals surface area contributed by atoms with Gasteiger partial charge >= 0.3 is 0 Å². The third-order valence-electron chi connectivity index (χ3n) is 3.62. The van der Waals surface area contributed by atoms with Crippen LogP contribution in [-0.4, -0.2) is 24.4 Å². The van der Waals surface area contributed by atoms with Crippen LogP contribution < -0.4 is 10.1 Å². The number of aliphatic hydroxyl groups is 1. The first-order valence-electron chi connectivity index (χ1n) is 8.29. The van der Waals surface area contributed by atoms with Gasteiger partial charge in [0, 0.05) is 19.5 Å². The minimum Gasteiger partial charge on any atom is -0.494 e. The molecule has 4 nitrogen and oxygen atoms in total. The van der Waals surface area contributed by atoms with Gasteiger partial charge in [-0.05, 0) is 36.1 Å². The lowest BCUT2D eigenvalue weighted by molar-refractivity contribution is 0.171. The number of benzene rings is 2. The fourth-order valence-corrected chi connectivity index (χ4v) is 2.43. The molecule has 0 aliphatic rings. The zero-order valence-corrected chi connectivity index (χ0v) is 13.8. The van der Waals surface area contributed by atoms with E-state index in [1.807, 2.05) is 54.6 Å². The van der Waals surface area contributed by atoms with Crippen molar-refractivity contribution < 1.29 is 9.84 Å². The number of hydrogen-bond donors (Lipinski definition) is 2. The second-order valence-corrected chi connectivity index (χ2v) is 5.73. The van der Waals surface area contributed by atoms with Gasteiger partial charge in [-0.2, -0.15) is 5.26 Å². The molecule has 126 valence electrons. The molecule has 0 spiro atoms. The normalized spacial score (nSPS) is 11.7. The average molecular weight is 324 g/mol. The number of nitriles is 1. The number of ether oxygens (including phenoxy) is 1. The molecular formula is C20H24N2O2. The largest absolute Gasteiger partial charge is 0.494 e. The summed E-state index contributed by atoms with van der Waals surface area (Å²) < 4.78 is 5.63. The zero-order chi connectivity index (χ0) is 17.0. The molecule has 0 aliphatic heterocycles. The Labute approximate surface area is 143 Å². The Balaban J connectivity index is 1.71. The van der Waals surface area contributed by atoms with Crippen molar-refractivity contribution >= 4 is 0 Å². The molecule has 1 unspecified atom stereocenters. The second-order valence-electron chi connectivity index (χ2n) is 5.73. The van der Waals surface area contributed by atoms with Crippen molar-refractivity contribution in [1.29, 1.82) is 5.26 Å². The molecule has 4 heteroatoms. The SMILES string of the molecule is N#CCCCOc1cccc(CNCC(O)Cc2ccccc2)c1. The highest BCUT2D eigenvalue weighted by Gasteiger charge is 2.05. The number of rotatable bonds is 10. The molecule has 0 saturated carbocycles. The highest BCUT2D eigenvalue weighted by Crippen LogP contribution is 2.13. The average Bonchev–Trinajstić information content (AvgIpc) is 2.60. The van der Waals surface area contributed by atoms with Gasteiger partial charge in [0.1, 0.15) is 5.75 Å². The van der Waals surface area contributed by atoms with E-state index in [-0.39, 0.29) is 0 Å². The number of nitrogens with zero attached hydrogens (tertiary/aromatic N) is 1. The summed E-state index contributed by atoms with van der Waals surface area (Å²) in [6.07, 6.45) is 1.50. The maximum Gasteiger partial charge on any atom is 0.119 e. The molecule has 0 aliphatic carbocycles. The van der Waals surface area contributed by atoms with Gasteiger partial charge in [0.25, 0.3) is 0 Å².